The Bertz CT molecular complexity index is 1290. The predicted molar refractivity (Wildman–Crippen MR) is 119 cm³/mol. The molecule has 3 aromatic carbocycles. The highest BCUT2D eigenvalue weighted by atomic mass is 32.2. The summed E-state index contributed by atoms with van der Waals surface area (Å²) in [6.07, 6.45) is 0.605. The molecule has 0 bridgehead atoms. The first-order valence-electron chi connectivity index (χ1n) is 10.2. The number of carbonyl (C=O) groups is 1. The predicted octanol–water partition coefficient (Wildman–Crippen LogP) is 4.77. The van der Waals surface area contributed by atoms with Crippen LogP contribution in [0.3, 0.4) is 0 Å². The topological polar surface area (TPSA) is 57.7 Å². The minimum Gasteiger partial charge on any atom is -0.309 e. The van der Waals surface area contributed by atoms with Crippen LogP contribution in [0.1, 0.15) is 29.8 Å². The fourth-order valence-electron chi connectivity index (χ4n) is 4.06. The number of hydrogen-bond acceptors (Lipinski definition) is 3. The lowest BCUT2D eigenvalue weighted by molar-refractivity contribution is 0.0988. The average Bonchev–Trinajstić information content (AvgIpc) is 3.13. The quantitative estimate of drug-likeness (QED) is 0.556. The van der Waals surface area contributed by atoms with Crippen LogP contribution < -0.4 is 9.21 Å². The third kappa shape index (κ3) is 3.75. The van der Waals surface area contributed by atoms with E-state index in [1.54, 1.807) is 19.1 Å². The van der Waals surface area contributed by atoms with E-state index in [1.165, 1.54) is 39.5 Å². The minimum atomic E-state index is -3.91. The van der Waals surface area contributed by atoms with Crippen molar-refractivity contribution in [2.24, 2.45) is 0 Å². The number of halogens is 2. The van der Waals surface area contributed by atoms with Crippen molar-refractivity contribution in [1.29, 1.82) is 0 Å². The van der Waals surface area contributed by atoms with Gasteiger partial charge in [0.25, 0.3) is 15.9 Å². The first kappa shape index (κ1) is 22.0. The number of anilines is 2. The van der Waals surface area contributed by atoms with Crippen molar-refractivity contribution in [1.82, 2.24) is 0 Å². The highest BCUT2D eigenvalue weighted by molar-refractivity contribution is 7.92. The van der Waals surface area contributed by atoms with Gasteiger partial charge < -0.3 is 4.90 Å². The smallest absolute Gasteiger partial charge is 0.264 e. The van der Waals surface area contributed by atoms with Gasteiger partial charge in [0.1, 0.15) is 0 Å². The van der Waals surface area contributed by atoms with Crippen molar-refractivity contribution in [3.05, 3.63) is 89.5 Å². The minimum absolute atomic E-state index is 0.00626. The molecule has 0 spiro atoms. The van der Waals surface area contributed by atoms with Gasteiger partial charge in [0.2, 0.25) is 0 Å². The van der Waals surface area contributed by atoms with E-state index in [9.17, 15) is 22.0 Å². The summed E-state index contributed by atoms with van der Waals surface area (Å²) in [5.41, 5.74) is 1.91. The number of hydrogen-bond donors (Lipinski definition) is 0. The number of carbonyl (C=O) groups excluding carboxylic acids is 1. The Labute approximate surface area is 186 Å². The summed E-state index contributed by atoms with van der Waals surface area (Å²) in [6.45, 7) is 3.73. The van der Waals surface area contributed by atoms with Crippen LogP contribution in [-0.2, 0) is 16.4 Å². The van der Waals surface area contributed by atoms with Gasteiger partial charge in [0.05, 0.1) is 10.6 Å². The van der Waals surface area contributed by atoms with E-state index in [1.807, 2.05) is 19.1 Å². The standard InChI is InChI=1S/C24H22F2N2O3S/c1-3-27(19-11-12-21(25)22(26)15-19)24(29)18-8-6-9-20(14-18)32(30,31)28-16(2)13-17-7-4-5-10-23(17)28/h4-12,14-16H,3,13H2,1-2H3. The van der Waals surface area contributed by atoms with Crippen LogP contribution in [-0.4, -0.2) is 26.9 Å². The van der Waals surface area contributed by atoms with Gasteiger partial charge in [-0.15, -0.1) is 0 Å². The highest BCUT2D eigenvalue weighted by Crippen LogP contribution is 2.36. The molecule has 1 amide bonds. The van der Waals surface area contributed by atoms with Gasteiger partial charge in [0.15, 0.2) is 11.6 Å². The largest absolute Gasteiger partial charge is 0.309 e. The molecule has 1 heterocycles. The second-order valence-corrected chi connectivity index (χ2v) is 9.47. The number of amides is 1. The van der Waals surface area contributed by atoms with Crippen LogP contribution in [0.15, 0.2) is 71.6 Å². The summed E-state index contributed by atoms with van der Waals surface area (Å²) < 4.78 is 55.4. The van der Waals surface area contributed by atoms with Crippen molar-refractivity contribution >= 4 is 27.3 Å². The molecule has 8 heteroatoms. The molecule has 1 aliphatic heterocycles. The van der Waals surface area contributed by atoms with E-state index in [2.05, 4.69) is 0 Å². The van der Waals surface area contributed by atoms with Crippen LogP contribution in [0.5, 0.6) is 0 Å². The second kappa shape index (κ2) is 8.35. The molecule has 1 unspecified atom stereocenters. The van der Waals surface area contributed by atoms with Crippen molar-refractivity contribution in [2.45, 2.75) is 31.2 Å². The summed E-state index contributed by atoms with van der Waals surface area (Å²) in [4.78, 5) is 14.4. The van der Waals surface area contributed by atoms with Crippen LogP contribution in [0.4, 0.5) is 20.2 Å². The van der Waals surface area contributed by atoms with Gasteiger partial charge in [-0.25, -0.2) is 17.2 Å². The number of benzene rings is 3. The summed E-state index contributed by atoms with van der Waals surface area (Å²) in [6, 6.07) is 16.1. The first-order valence-corrected chi connectivity index (χ1v) is 11.7. The average molecular weight is 457 g/mol. The lowest BCUT2D eigenvalue weighted by Gasteiger charge is -2.25. The third-order valence-electron chi connectivity index (χ3n) is 5.56. The SMILES string of the molecule is CCN(C(=O)c1cccc(S(=O)(=O)N2c3ccccc3CC2C)c1)c1ccc(F)c(F)c1. The van der Waals surface area contributed by atoms with E-state index >= 15 is 0 Å². The molecule has 0 saturated heterocycles. The molecule has 32 heavy (non-hydrogen) atoms. The first-order chi connectivity index (χ1) is 15.2. The number of rotatable bonds is 5. The van der Waals surface area contributed by atoms with Gasteiger partial charge in [-0.1, -0.05) is 24.3 Å². The van der Waals surface area contributed by atoms with E-state index in [0.717, 1.165) is 17.7 Å². The number of sulfonamides is 1. The lowest BCUT2D eigenvalue weighted by atomic mass is 10.1. The van der Waals surface area contributed by atoms with Gasteiger partial charge in [-0.05, 0) is 62.2 Å². The van der Waals surface area contributed by atoms with E-state index in [-0.39, 0.29) is 28.7 Å². The van der Waals surface area contributed by atoms with Crippen molar-refractivity contribution in [2.75, 3.05) is 15.7 Å². The Balaban J connectivity index is 1.70. The van der Waals surface area contributed by atoms with Crippen molar-refractivity contribution in [3.8, 4) is 0 Å². The molecule has 0 radical (unpaired) electrons. The van der Waals surface area contributed by atoms with Crippen LogP contribution in [0.25, 0.3) is 0 Å². The fraction of sp³-hybridized carbons (Fsp3) is 0.208. The molecule has 4 rings (SSSR count). The van der Waals surface area contributed by atoms with Gasteiger partial charge >= 0.3 is 0 Å². The van der Waals surface area contributed by atoms with Gasteiger partial charge in [-0.2, -0.15) is 0 Å². The van der Waals surface area contributed by atoms with Gasteiger partial charge in [-0.3, -0.25) is 9.10 Å². The Morgan fingerprint density at radius 3 is 2.50 bits per heavy atom. The highest BCUT2D eigenvalue weighted by Gasteiger charge is 2.36. The molecular formula is C24H22F2N2O3S. The maximum absolute atomic E-state index is 13.7. The zero-order valence-electron chi connectivity index (χ0n) is 17.6. The van der Waals surface area contributed by atoms with Crippen LogP contribution in [0, 0.1) is 11.6 Å². The Morgan fingerprint density at radius 1 is 1.03 bits per heavy atom. The van der Waals surface area contributed by atoms with Crippen LogP contribution >= 0.6 is 0 Å². The molecule has 1 aliphatic rings. The molecule has 166 valence electrons. The molecule has 5 nitrogen and oxygen atoms in total. The molecule has 0 aliphatic carbocycles. The lowest BCUT2D eigenvalue weighted by Crippen LogP contribution is -2.36. The Kier molecular flexibility index (Phi) is 5.73. The van der Waals surface area contributed by atoms with E-state index in [0.29, 0.717) is 12.1 Å². The molecule has 0 aromatic heterocycles. The van der Waals surface area contributed by atoms with Crippen LogP contribution in [0.2, 0.25) is 0 Å². The third-order valence-corrected chi connectivity index (χ3v) is 7.48. The van der Waals surface area contributed by atoms with Crippen molar-refractivity contribution in [3.63, 3.8) is 0 Å². The fourth-order valence-corrected chi connectivity index (χ4v) is 5.80. The molecular weight excluding hydrogens is 434 g/mol. The Hall–Kier alpha value is -3.26. The van der Waals surface area contributed by atoms with Crippen molar-refractivity contribution < 1.29 is 22.0 Å². The molecule has 1 atom stereocenters. The van der Waals surface area contributed by atoms with E-state index < -0.39 is 27.6 Å². The molecule has 0 saturated carbocycles. The molecule has 0 N–H and O–H groups in total. The van der Waals surface area contributed by atoms with Gasteiger partial charge in [0, 0.05) is 29.9 Å². The zero-order valence-corrected chi connectivity index (χ0v) is 18.4. The maximum Gasteiger partial charge on any atom is 0.264 e. The normalized spacial score (nSPS) is 15.5. The zero-order chi connectivity index (χ0) is 23.0. The monoisotopic (exact) mass is 456 g/mol. The molecule has 0 fully saturated rings. The summed E-state index contributed by atoms with van der Waals surface area (Å²) in [5.74, 6) is -2.58. The van der Waals surface area contributed by atoms with E-state index in [4.69, 9.17) is 0 Å². The number of para-hydroxylation sites is 1. The summed E-state index contributed by atoms with van der Waals surface area (Å²) in [5, 5.41) is 0. The molecule has 3 aromatic rings. The maximum atomic E-state index is 13.7. The summed E-state index contributed by atoms with van der Waals surface area (Å²) in [7, 11) is -3.91. The Morgan fingerprint density at radius 2 is 1.78 bits per heavy atom. The second-order valence-electron chi connectivity index (χ2n) is 7.66. The number of fused-ring (bicyclic) bond motifs is 1. The number of nitrogens with zero attached hydrogens (tertiary/aromatic N) is 2. The summed E-state index contributed by atoms with van der Waals surface area (Å²) >= 11 is 0.